The van der Waals surface area contributed by atoms with Crippen LogP contribution in [0.3, 0.4) is 0 Å². The highest BCUT2D eigenvalue weighted by molar-refractivity contribution is 5.91. The minimum absolute atomic E-state index is 0.191. The fourth-order valence-corrected chi connectivity index (χ4v) is 1.68. The van der Waals surface area contributed by atoms with Crippen LogP contribution in [0.1, 0.15) is 17.7 Å². The van der Waals surface area contributed by atoms with Gasteiger partial charge in [-0.2, -0.15) is 5.10 Å². The molecule has 0 aliphatic carbocycles. The van der Waals surface area contributed by atoms with Gasteiger partial charge < -0.3 is 5.32 Å². The second kappa shape index (κ2) is 5.60. The van der Waals surface area contributed by atoms with Crippen LogP contribution in [0.25, 0.3) is 0 Å². The summed E-state index contributed by atoms with van der Waals surface area (Å²) in [5, 5.41) is 6.18. The number of carbonyl (C=O) groups excluding carboxylic acids is 1. The largest absolute Gasteiger partial charge is 0.311 e. The molecule has 0 atom stereocenters. The molecule has 2 rings (SSSR count). The molecule has 4 nitrogen and oxygen atoms in total. The number of hydrogen-bond donors (Lipinski definition) is 1. The molecule has 0 aliphatic rings. The van der Waals surface area contributed by atoms with Crippen molar-refractivity contribution in [3.05, 3.63) is 47.7 Å². The van der Waals surface area contributed by atoms with E-state index in [2.05, 4.69) is 10.4 Å². The number of benzene rings is 1. The molecule has 1 amide bonds. The predicted octanol–water partition coefficient (Wildman–Crippen LogP) is 2.54. The number of anilines is 1. The Morgan fingerprint density at radius 2 is 2.05 bits per heavy atom. The van der Waals surface area contributed by atoms with E-state index < -0.39 is 6.43 Å². The van der Waals surface area contributed by atoms with Gasteiger partial charge in [-0.1, -0.05) is 30.3 Å². The second-order valence-electron chi connectivity index (χ2n) is 4.09. The average Bonchev–Trinajstić information content (AvgIpc) is 2.72. The van der Waals surface area contributed by atoms with E-state index in [0.29, 0.717) is 0 Å². The first kappa shape index (κ1) is 13.2. The standard InChI is InChI=1S/C13H13F2N3O/c1-18-11(8-10(17-18)13(14)15)16-12(19)7-9-5-3-2-4-6-9/h2-6,8,13H,7H2,1H3,(H,16,19). The maximum absolute atomic E-state index is 12.5. The summed E-state index contributed by atoms with van der Waals surface area (Å²) >= 11 is 0. The molecule has 1 heterocycles. The van der Waals surface area contributed by atoms with Crippen molar-refractivity contribution in [2.75, 3.05) is 5.32 Å². The predicted molar refractivity (Wildman–Crippen MR) is 66.9 cm³/mol. The molecule has 0 radical (unpaired) electrons. The van der Waals surface area contributed by atoms with Gasteiger partial charge in [-0.3, -0.25) is 9.48 Å². The van der Waals surface area contributed by atoms with E-state index in [0.717, 1.165) is 5.56 Å². The molecule has 0 unspecified atom stereocenters. The molecule has 1 aromatic heterocycles. The number of nitrogens with one attached hydrogen (secondary N) is 1. The van der Waals surface area contributed by atoms with Gasteiger partial charge in [-0.25, -0.2) is 8.78 Å². The van der Waals surface area contributed by atoms with Crippen LogP contribution in [0, 0.1) is 0 Å². The molecule has 19 heavy (non-hydrogen) atoms. The Labute approximate surface area is 109 Å². The monoisotopic (exact) mass is 265 g/mol. The van der Waals surface area contributed by atoms with Crippen molar-refractivity contribution in [3.63, 3.8) is 0 Å². The summed E-state index contributed by atoms with van der Waals surface area (Å²) < 4.78 is 26.1. The van der Waals surface area contributed by atoms with E-state index in [1.54, 1.807) is 0 Å². The maximum atomic E-state index is 12.5. The summed E-state index contributed by atoms with van der Waals surface area (Å²) in [5.74, 6) is -0.00810. The van der Waals surface area contributed by atoms with Crippen molar-refractivity contribution in [2.24, 2.45) is 7.05 Å². The maximum Gasteiger partial charge on any atom is 0.282 e. The Balaban J connectivity index is 2.03. The fourth-order valence-electron chi connectivity index (χ4n) is 1.68. The van der Waals surface area contributed by atoms with Crippen LogP contribution in [0.2, 0.25) is 0 Å². The smallest absolute Gasteiger partial charge is 0.282 e. The van der Waals surface area contributed by atoms with E-state index in [9.17, 15) is 13.6 Å². The quantitative estimate of drug-likeness (QED) is 0.923. The highest BCUT2D eigenvalue weighted by atomic mass is 19.3. The van der Waals surface area contributed by atoms with Crippen LogP contribution in [0.5, 0.6) is 0 Å². The molecule has 0 saturated heterocycles. The first-order valence-corrected chi connectivity index (χ1v) is 5.72. The minimum Gasteiger partial charge on any atom is -0.311 e. The second-order valence-corrected chi connectivity index (χ2v) is 4.09. The van der Waals surface area contributed by atoms with Gasteiger partial charge in [-0.05, 0) is 5.56 Å². The molecular formula is C13H13F2N3O. The van der Waals surface area contributed by atoms with E-state index in [1.165, 1.54) is 17.8 Å². The van der Waals surface area contributed by atoms with Gasteiger partial charge in [0, 0.05) is 13.1 Å². The number of aromatic nitrogens is 2. The first-order chi connectivity index (χ1) is 9.06. The summed E-state index contributed by atoms with van der Waals surface area (Å²) in [4.78, 5) is 11.8. The van der Waals surface area contributed by atoms with E-state index in [1.807, 2.05) is 30.3 Å². The van der Waals surface area contributed by atoms with Crippen molar-refractivity contribution in [3.8, 4) is 0 Å². The molecule has 100 valence electrons. The Kier molecular flexibility index (Phi) is 3.89. The molecule has 1 aromatic carbocycles. The van der Waals surface area contributed by atoms with Crippen LogP contribution in [-0.2, 0) is 18.3 Å². The highest BCUT2D eigenvalue weighted by Crippen LogP contribution is 2.20. The van der Waals surface area contributed by atoms with Crippen molar-refractivity contribution in [2.45, 2.75) is 12.8 Å². The lowest BCUT2D eigenvalue weighted by Crippen LogP contribution is -2.16. The highest BCUT2D eigenvalue weighted by Gasteiger charge is 2.15. The van der Waals surface area contributed by atoms with Crippen LogP contribution >= 0.6 is 0 Å². The number of hydrogen-bond acceptors (Lipinski definition) is 2. The molecular weight excluding hydrogens is 252 g/mol. The van der Waals surface area contributed by atoms with Gasteiger partial charge in [0.15, 0.2) is 0 Å². The lowest BCUT2D eigenvalue weighted by molar-refractivity contribution is -0.115. The van der Waals surface area contributed by atoms with Crippen LogP contribution in [0.4, 0.5) is 14.6 Å². The molecule has 2 aromatic rings. The Hall–Kier alpha value is -2.24. The third-order valence-electron chi connectivity index (χ3n) is 2.60. The molecule has 0 fully saturated rings. The number of halogens is 2. The first-order valence-electron chi connectivity index (χ1n) is 5.72. The van der Waals surface area contributed by atoms with Crippen molar-refractivity contribution < 1.29 is 13.6 Å². The number of nitrogens with zero attached hydrogens (tertiary/aromatic N) is 2. The Bertz CT molecular complexity index is 567. The van der Waals surface area contributed by atoms with Crippen LogP contribution in [-0.4, -0.2) is 15.7 Å². The molecule has 1 N–H and O–H groups in total. The summed E-state index contributed by atoms with van der Waals surface area (Å²) in [6.45, 7) is 0. The average molecular weight is 265 g/mol. The van der Waals surface area contributed by atoms with Gasteiger partial charge in [0.05, 0.1) is 6.42 Å². The number of carbonyl (C=O) groups is 1. The SMILES string of the molecule is Cn1nc(C(F)F)cc1NC(=O)Cc1ccccc1. The fraction of sp³-hybridized carbons (Fsp3) is 0.231. The summed E-state index contributed by atoms with van der Waals surface area (Å²) in [6.07, 6.45) is -2.46. The molecule has 0 aliphatic heterocycles. The summed E-state index contributed by atoms with van der Waals surface area (Å²) in [5.41, 5.74) is 0.508. The topological polar surface area (TPSA) is 46.9 Å². The Morgan fingerprint density at radius 1 is 1.37 bits per heavy atom. The molecule has 0 saturated carbocycles. The third-order valence-corrected chi connectivity index (χ3v) is 2.60. The van der Waals surface area contributed by atoms with Gasteiger partial charge >= 0.3 is 0 Å². The van der Waals surface area contributed by atoms with Gasteiger partial charge in [0.25, 0.3) is 6.43 Å². The van der Waals surface area contributed by atoms with E-state index >= 15 is 0 Å². The lowest BCUT2D eigenvalue weighted by Gasteiger charge is -2.04. The number of alkyl halides is 2. The van der Waals surface area contributed by atoms with Crippen molar-refractivity contribution in [1.82, 2.24) is 9.78 Å². The summed E-state index contributed by atoms with van der Waals surface area (Å²) in [6, 6.07) is 10.4. The molecule has 0 bridgehead atoms. The van der Waals surface area contributed by atoms with Crippen LogP contribution < -0.4 is 5.32 Å². The number of aryl methyl sites for hydroxylation is 1. The summed E-state index contributed by atoms with van der Waals surface area (Å²) in [7, 11) is 1.50. The minimum atomic E-state index is -2.65. The van der Waals surface area contributed by atoms with Gasteiger partial charge in [0.2, 0.25) is 5.91 Å². The zero-order chi connectivity index (χ0) is 13.8. The van der Waals surface area contributed by atoms with Crippen LogP contribution in [0.15, 0.2) is 36.4 Å². The Morgan fingerprint density at radius 3 is 2.63 bits per heavy atom. The van der Waals surface area contributed by atoms with Gasteiger partial charge in [0.1, 0.15) is 11.5 Å². The lowest BCUT2D eigenvalue weighted by atomic mass is 10.1. The van der Waals surface area contributed by atoms with E-state index in [4.69, 9.17) is 0 Å². The van der Waals surface area contributed by atoms with Gasteiger partial charge in [-0.15, -0.1) is 0 Å². The van der Waals surface area contributed by atoms with E-state index in [-0.39, 0.29) is 23.8 Å². The third kappa shape index (κ3) is 3.37. The number of rotatable bonds is 4. The molecule has 0 spiro atoms. The van der Waals surface area contributed by atoms with Crippen molar-refractivity contribution in [1.29, 1.82) is 0 Å². The molecule has 6 heteroatoms. The zero-order valence-electron chi connectivity index (χ0n) is 10.3. The zero-order valence-corrected chi connectivity index (χ0v) is 10.3. The normalized spacial score (nSPS) is 10.7. The number of amides is 1. The van der Waals surface area contributed by atoms with Crippen molar-refractivity contribution >= 4 is 11.7 Å².